The topological polar surface area (TPSA) is 32.5 Å². The molecule has 3 nitrogen and oxygen atoms in total. The van der Waals surface area contributed by atoms with E-state index in [-0.39, 0.29) is 0 Å². The summed E-state index contributed by atoms with van der Waals surface area (Å²) in [5, 5.41) is 0. The van der Waals surface area contributed by atoms with Gasteiger partial charge in [0.05, 0.1) is 0 Å². The Morgan fingerprint density at radius 1 is 1.29 bits per heavy atom. The van der Waals surface area contributed by atoms with Crippen molar-refractivity contribution in [1.82, 2.24) is 9.80 Å². The van der Waals surface area contributed by atoms with E-state index in [2.05, 4.69) is 16.7 Å². The second-order valence-electron chi connectivity index (χ2n) is 6.27. The van der Waals surface area contributed by atoms with Crippen molar-refractivity contribution in [2.45, 2.75) is 50.6 Å². The highest BCUT2D eigenvalue weighted by Gasteiger charge is 2.51. The Bertz CT molecular complexity index is 277. The molecule has 1 saturated carbocycles. The van der Waals surface area contributed by atoms with Gasteiger partial charge in [0.1, 0.15) is 0 Å². The van der Waals surface area contributed by atoms with Gasteiger partial charge in [-0.25, -0.2) is 0 Å². The number of nitrogens with zero attached hydrogens (tertiary/aromatic N) is 2. The van der Waals surface area contributed by atoms with Crippen molar-refractivity contribution in [2.24, 2.45) is 11.7 Å². The molecular weight excluding hydrogens is 210 g/mol. The van der Waals surface area contributed by atoms with Crippen LogP contribution in [0, 0.1) is 5.92 Å². The van der Waals surface area contributed by atoms with Gasteiger partial charge < -0.3 is 10.6 Å². The van der Waals surface area contributed by atoms with Crippen molar-refractivity contribution in [3.8, 4) is 0 Å². The summed E-state index contributed by atoms with van der Waals surface area (Å²) >= 11 is 0. The summed E-state index contributed by atoms with van der Waals surface area (Å²) in [5.74, 6) is 0.841. The summed E-state index contributed by atoms with van der Waals surface area (Å²) in [4.78, 5) is 5.45. The zero-order valence-electron chi connectivity index (χ0n) is 11.2. The number of rotatable bonds is 5. The summed E-state index contributed by atoms with van der Waals surface area (Å²) in [6.07, 6.45) is 6.79. The molecule has 98 valence electrons. The lowest BCUT2D eigenvalue weighted by molar-refractivity contribution is 0.00132. The van der Waals surface area contributed by atoms with Crippen molar-refractivity contribution in [2.75, 3.05) is 32.7 Å². The minimum atomic E-state index is 0.351. The number of hydrogen-bond donors (Lipinski definition) is 1. The fraction of sp³-hybridized carbons (Fsp3) is 1.00. The van der Waals surface area contributed by atoms with E-state index in [1.165, 1.54) is 58.3 Å². The second kappa shape index (κ2) is 4.52. The van der Waals surface area contributed by atoms with Crippen LogP contribution in [0.25, 0.3) is 0 Å². The molecule has 0 spiro atoms. The molecule has 3 fully saturated rings. The molecule has 0 amide bonds. The van der Waals surface area contributed by atoms with E-state index in [1.54, 1.807) is 0 Å². The molecule has 3 aliphatic rings. The molecule has 1 aliphatic carbocycles. The van der Waals surface area contributed by atoms with Crippen molar-refractivity contribution >= 4 is 0 Å². The van der Waals surface area contributed by atoms with Crippen LogP contribution in [-0.2, 0) is 0 Å². The van der Waals surface area contributed by atoms with E-state index >= 15 is 0 Å². The summed E-state index contributed by atoms with van der Waals surface area (Å²) in [7, 11) is 0. The Kier molecular flexibility index (Phi) is 3.18. The fourth-order valence-electron chi connectivity index (χ4n) is 4.19. The van der Waals surface area contributed by atoms with Crippen LogP contribution in [0.1, 0.15) is 39.0 Å². The second-order valence-corrected chi connectivity index (χ2v) is 6.27. The highest BCUT2D eigenvalue weighted by Crippen LogP contribution is 2.44. The molecule has 0 radical (unpaired) electrons. The number of hydrogen-bond acceptors (Lipinski definition) is 3. The van der Waals surface area contributed by atoms with E-state index in [4.69, 9.17) is 5.73 Å². The summed E-state index contributed by atoms with van der Waals surface area (Å²) in [5.41, 5.74) is 6.61. The quantitative estimate of drug-likeness (QED) is 0.782. The highest BCUT2D eigenvalue weighted by atomic mass is 15.3. The molecule has 2 heterocycles. The van der Waals surface area contributed by atoms with Gasteiger partial charge in [-0.2, -0.15) is 0 Å². The van der Waals surface area contributed by atoms with E-state index in [0.29, 0.717) is 5.54 Å². The molecule has 2 aliphatic heterocycles. The Balaban J connectivity index is 1.83. The van der Waals surface area contributed by atoms with Gasteiger partial charge in [-0.15, -0.1) is 0 Å². The van der Waals surface area contributed by atoms with Crippen LogP contribution < -0.4 is 5.73 Å². The highest BCUT2D eigenvalue weighted by molar-refractivity contribution is 5.08. The lowest BCUT2D eigenvalue weighted by Gasteiger charge is -2.50. The monoisotopic (exact) mass is 237 g/mol. The average molecular weight is 237 g/mol. The third-order valence-electron chi connectivity index (χ3n) is 5.27. The molecule has 17 heavy (non-hydrogen) atoms. The summed E-state index contributed by atoms with van der Waals surface area (Å²) in [6, 6.07) is 0.866. The first-order valence-corrected chi connectivity index (χ1v) is 7.49. The molecule has 2 N–H and O–H groups in total. The third kappa shape index (κ3) is 1.92. The number of fused-ring (bicyclic) bond motifs is 2. The van der Waals surface area contributed by atoms with E-state index < -0.39 is 0 Å². The maximum Gasteiger partial charge on any atom is 0.0387 e. The first kappa shape index (κ1) is 11.9. The Labute approximate surface area is 105 Å². The number of piperidine rings is 1. The predicted molar refractivity (Wildman–Crippen MR) is 71.0 cm³/mol. The normalized spacial score (nSPS) is 41.1. The van der Waals surface area contributed by atoms with Crippen LogP contribution in [0.5, 0.6) is 0 Å². The van der Waals surface area contributed by atoms with Crippen LogP contribution in [0.15, 0.2) is 0 Å². The van der Waals surface area contributed by atoms with Gasteiger partial charge >= 0.3 is 0 Å². The van der Waals surface area contributed by atoms with E-state index in [9.17, 15) is 0 Å². The van der Waals surface area contributed by atoms with Crippen molar-refractivity contribution in [3.63, 3.8) is 0 Å². The minimum Gasteiger partial charge on any atom is -0.329 e. The fourth-order valence-corrected chi connectivity index (χ4v) is 4.19. The van der Waals surface area contributed by atoms with E-state index in [0.717, 1.165) is 18.5 Å². The molecule has 3 rings (SSSR count). The van der Waals surface area contributed by atoms with Gasteiger partial charge in [0.15, 0.2) is 0 Å². The average Bonchev–Trinajstić information content (AvgIpc) is 3.12. The maximum atomic E-state index is 6.26. The number of nitrogens with two attached hydrogens (primary N) is 1. The third-order valence-corrected chi connectivity index (χ3v) is 5.27. The largest absolute Gasteiger partial charge is 0.329 e. The molecule has 2 saturated heterocycles. The van der Waals surface area contributed by atoms with Crippen molar-refractivity contribution in [3.05, 3.63) is 0 Å². The zero-order valence-corrected chi connectivity index (χ0v) is 11.2. The molecule has 0 aromatic heterocycles. The van der Waals surface area contributed by atoms with Crippen LogP contribution in [0.3, 0.4) is 0 Å². The van der Waals surface area contributed by atoms with Gasteiger partial charge in [0.25, 0.3) is 0 Å². The Morgan fingerprint density at radius 2 is 2.12 bits per heavy atom. The van der Waals surface area contributed by atoms with Gasteiger partial charge in [-0.05, 0) is 57.7 Å². The summed E-state index contributed by atoms with van der Waals surface area (Å²) in [6.45, 7) is 8.35. The molecule has 0 aromatic rings. The van der Waals surface area contributed by atoms with Crippen LogP contribution in [-0.4, -0.2) is 54.1 Å². The van der Waals surface area contributed by atoms with Gasteiger partial charge in [0, 0.05) is 24.7 Å². The smallest absolute Gasteiger partial charge is 0.0387 e. The Hall–Kier alpha value is -0.120. The van der Waals surface area contributed by atoms with Gasteiger partial charge in [0.2, 0.25) is 0 Å². The van der Waals surface area contributed by atoms with Crippen molar-refractivity contribution in [1.29, 1.82) is 0 Å². The zero-order chi connectivity index (χ0) is 11.9. The first-order valence-electron chi connectivity index (χ1n) is 7.49. The molecule has 3 heteroatoms. The van der Waals surface area contributed by atoms with Gasteiger partial charge in [-0.3, -0.25) is 4.90 Å². The first-order chi connectivity index (χ1) is 8.30. The molecule has 3 unspecified atom stereocenters. The van der Waals surface area contributed by atoms with Crippen LogP contribution in [0.4, 0.5) is 0 Å². The SMILES string of the molecule is CCCN(C1CC1)C1(CN)CCN2CCC1C2. The molecule has 2 bridgehead atoms. The van der Waals surface area contributed by atoms with Gasteiger partial charge in [-0.1, -0.05) is 6.92 Å². The standard InChI is InChI=1S/C14H27N3/c1-2-7-17(13-3-4-13)14(11-15)6-9-16-8-5-12(14)10-16/h12-13H,2-11,15H2,1H3. The lowest BCUT2D eigenvalue weighted by atomic mass is 9.77. The predicted octanol–water partition coefficient (Wildman–Crippen LogP) is 1.28. The maximum absolute atomic E-state index is 6.26. The molecule has 0 aromatic carbocycles. The van der Waals surface area contributed by atoms with Crippen LogP contribution >= 0.6 is 0 Å². The molecule has 3 atom stereocenters. The minimum absolute atomic E-state index is 0.351. The molecular formula is C14H27N3. The van der Waals surface area contributed by atoms with Crippen molar-refractivity contribution < 1.29 is 0 Å². The van der Waals surface area contributed by atoms with E-state index in [1.807, 2.05) is 0 Å². The lowest BCUT2D eigenvalue weighted by Crippen LogP contribution is -2.63. The Morgan fingerprint density at radius 3 is 2.76 bits per heavy atom. The summed E-state index contributed by atoms with van der Waals surface area (Å²) < 4.78 is 0. The van der Waals surface area contributed by atoms with Crippen LogP contribution in [0.2, 0.25) is 0 Å².